The molecule has 1 aromatic carbocycles. The highest BCUT2D eigenvalue weighted by atomic mass is 79.9. The first-order valence-electron chi connectivity index (χ1n) is 11.8. The number of fused-ring (bicyclic) bond motifs is 2. The van der Waals surface area contributed by atoms with Crippen LogP contribution in [0.4, 0.5) is 0 Å². The summed E-state index contributed by atoms with van der Waals surface area (Å²) in [6, 6.07) is 11.3. The van der Waals surface area contributed by atoms with E-state index in [1.807, 2.05) is 0 Å². The monoisotopic (exact) mass is 582 g/mol. The number of nitrogens with one attached hydrogen (secondary N) is 2. The topological polar surface area (TPSA) is 173 Å². The van der Waals surface area contributed by atoms with Gasteiger partial charge in [0, 0.05) is 35.0 Å². The molecule has 4 unspecified atom stereocenters. The van der Waals surface area contributed by atoms with Crippen LogP contribution in [-0.2, 0) is 23.9 Å². The number of quaternary nitrogens is 2. The lowest BCUT2D eigenvalue weighted by molar-refractivity contribution is -0.984. The van der Waals surface area contributed by atoms with Crippen LogP contribution >= 0.6 is 15.9 Å². The summed E-state index contributed by atoms with van der Waals surface area (Å²) in [6.07, 6.45) is 7.77. The Morgan fingerprint density at radius 3 is 1.78 bits per heavy atom. The van der Waals surface area contributed by atoms with Crippen molar-refractivity contribution in [1.82, 2.24) is 0 Å². The maximum Gasteiger partial charge on any atom is 0.328 e. The minimum Gasteiger partial charge on any atom is -0.545 e. The molecule has 0 aromatic heterocycles. The van der Waals surface area contributed by atoms with Crippen LogP contribution in [0, 0.1) is 0 Å². The van der Waals surface area contributed by atoms with Crippen molar-refractivity contribution >= 4 is 39.8 Å². The molecule has 4 atom stereocenters. The third-order valence-corrected chi connectivity index (χ3v) is 7.25. The second-order valence-corrected chi connectivity index (χ2v) is 9.91. The number of carbonyl (C=O) groups excluding carboxylic acids is 2. The van der Waals surface area contributed by atoms with Crippen molar-refractivity contribution in [2.75, 3.05) is 20.2 Å². The number of piperidine rings is 1. The van der Waals surface area contributed by atoms with Gasteiger partial charge in [0.1, 0.15) is 19.2 Å². The van der Waals surface area contributed by atoms with Crippen LogP contribution in [0.3, 0.4) is 0 Å². The van der Waals surface area contributed by atoms with Gasteiger partial charge in [0.2, 0.25) is 6.23 Å². The second kappa shape index (κ2) is 14.6. The summed E-state index contributed by atoms with van der Waals surface area (Å²) in [6.45, 7) is 2.08. The number of benzene rings is 1. The Bertz CT molecular complexity index is 932. The van der Waals surface area contributed by atoms with E-state index in [0.717, 1.165) is 29.2 Å². The highest BCUT2D eigenvalue weighted by Gasteiger charge is 2.48. The molecule has 202 valence electrons. The zero-order valence-electron chi connectivity index (χ0n) is 20.3. The number of hydrogen-bond acceptors (Lipinski definition) is 7. The summed E-state index contributed by atoms with van der Waals surface area (Å²) in [5, 5.41) is 34.5. The summed E-state index contributed by atoms with van der Waals surface area (Å²) >= 11 is 3.53. The lowest BCUT2D eigenvalue weighted by Gasteiger charge is -2.37. The lowest BCUT2D eigenvalue weighted by Crippen LogP contribution is -3.21. The average molecular weight is 583 g/mol. The first-order chi connectivity index (χ1) is 17.5. The zero-order chi connectivity index (χ0) is 27.5. The van der Waals surface area contributed by atoms with Gasteiger partial charge in [0.05, 0.1) is 43.9 Å². The van der Waals surface area contributed by atoms with Crippen LogP contribution in [0.2, 0.25) is 0 Å². The Hall–Kier alpha value is -3.06. The molecule has 0 amide bonds. The van der Waals surface area contributed by atoms with E-state index in [-0.39, 0.29) is 6.23 Å². The Balaban J connectivity index is 0.000000251. The third kappa shape index (κ3) is 10.1. The zero-order valence-corrected chi connectivity index (χ0v) is 21.9. The predicted octanol–water partition coefficient (Wildman–Crippen LogP) is -2.67. The fourth-order valence-electron chi connectivity index (χ4n) is 5.06. The molecule has 2 bridgehead atoms. The van der Waals surface area contributed by atoms with Crippen LogP contribution in [0.5, 0.6) is 0 Å². The minimum absolute atomic E-state index is 0.251. The summed E-state index contributed by atoms with van der Waals surface area (Å²) in [7, 11) is 2.40. The van der Waals surface area contributed by atoms with Gasteiger partial charge in [-0.05, 0) is 36.4 Å². The van der Waals surface area contributed by atoms with E-state index < -0.39 is 23.9 Å². The van der Waals surface area contributed by atoms with Crippen molar-refractivity contribution in [3.63, 3.8) is 0 Å². The van der Waals surface area contributed by atoms with Gasteiger partial charge in [-0.1, -0.05) is 15.9 Å². The molecular weight excluding hydrogens is 552 g/mol. The van der Waals surface area contributed by atoms with E-state index in [4.69, 9.17) is 14.9 Å². The molecule has 4 rings (SSSR count). The lowest BCUT2D eigenvalue weighted by atomic mass is 9.96. The fourth-order valence-corrected chi connectivity index (χ4v) is 5.33. The molecule has 1 aromatic rings. The van der Waals surface area contributed by atoms with Crippen molar-refractivity contribution in [3.8, 4) is 0 Å². The van der Waals surface area contributed by atoms with Crippen molar-refractivity contribution in [3.05, 3.63) is 58.6 Å². The molecule has 37 heavy (non-hydrogen) atoms. The van der Waals surface area contributed by atoms with Crippen molar-refractivity contribution < 1.29 is 54.1 Å². The number of carbonyl (C=O) groups is 4. The van der Waals surface area contributed by atoms with Crippen LogP contribution in [0.25, 0.3) is 0 Å². The van der Waals surface area contributed by atoms with Gasteiger partial charge < -0.3 is 44.6 Å². The van der Waals surface area contributed by atoms with Crippen molar-refractivity contribution in [1.29, 1.82) is 0 Å². The summed E-state index contributed by atoms with van der Waals surface area (Å²) < 4.78 is 7.25. The molecule has 12 heteroatoms. The van der Waals surface area contributed by atoms with E-state index >= 15 is 0 Å². The Morgan fingerprint density at radius 1 is 0.892 bits per heavy atom. The minimum atomic E-state index is -1.51. The van der Waals surface area contributed by atoms with Gasteiger partial charge in [0.15, 0.2) is 0 Å². The summed E-state index contributed by atoms with van der Waals surface area (Å²) in [5.41, 5.74) is 1.34. The highest BCUT2D eigenvalue weighted by molar-refractivity contribution is 9.10. The molecule has 3 saturated heterocycles. The number of halogens is 1. The summed E-state index contributed by atoms with van der Waals surface area (Å²) in [4.78, 5) is 41.4. The predicted molar refractivity (Wildman–Crippen MR) is 129 cm³/mol. The molecule has 3 aliphatic heterocycles. The van der Waals surface area contributed by atoms with Gasteiger partial charge in [-0.15, -0.1) is 0 Å². The molecule has 0 saturated carbocycles. The van der Waals surface area contributed by atoms with Crippen molar-refractivity contribution in [2.24, 2.45) is 0 Å². The molecule has 4 N–H and O–H groups in total. The van der Waals surface area contributed by atoms with Gasteiger partial charge in [0.25, 0.3) is 0 Å². The van der Waals surface area contributed by atoms with E-state index in [1.165, 1.54) is 37.8 Å². The van der Waals surface area contributed by atoms with Gasteiger partial charge in [-0.25, -0.2) is 9.59 Å². The molecule has 3 heterocycles. The number of ether oxygens (including phenoxy) is 1. The van der Waals surface area contributed by atoms with Crippen LogP contribution in [0.1, 0.15) is 37.5 Å². The van der Waals surface area contributed by atoms with Crippen molar-refractivity contribution in [2.45, 2.75) is 50.0 Å². The fraction of sp³-hybridized carbons (Fsp3) is 0.440. The van der Waals surface area contributed by atoms with E-state index in [2.05, 4.69) is 47.2 Å². The van der Waals surface area contributed by atoms with Crippen LogP contribution in [-0.4, -0.2) is 72.4 Å². The van der Waals surface area contributed by atoms with E-state index in [0.29, 0.717) is 24.3 Å². The first kappa shape index (κ1) is 30.2. The average Bonchev–Trinajstić information content (AvgIpc) is 3.38. The quantitative estimate of drug-likeness (QED) is 0.261. The maximum absolute atomic E-state index is 9.53. The number of carboxylic acids is 4. The molecule has 11 nitrogen and oxygen atoms in total. The van der Waals surface area contributed by atoms with E-state index in [9.17, 15) is 29.4 Å². The summed E-state index contributed by atoms with van der Waals surface area (Å²) in [5.74, 6) is -5.61. The van der Waals surface area contributed by atoms with Gasteiger partial charge >= 0.3 is 11.9 Å². The molecule has 0 spiro atoms. The number of hydrogen-bond donors (Lipinski definition) is 4. The smallest absolute Gasteiger partial charge is 0.328 e. The largest absolute Gasteiger partial charge is 0.545 e. The Kier molecular flexibility index (Phi) is 11.9. The molecule has 0 radical (unpaired) electrons. The Morgan fingerprint density at radius 2 is 1.38 bits per heavy atom. The van der Waals surface area contributed by atoms with Gasteiger partial charge in [-0.2, -0.15) is 0 Å². The maximum atomic E-state index is 9.53. The molecule has 3 fully saturated rings. The van der Waals surface area contributed by atoms with Crippen LogP contribution < -0.4 is 20.0 Å². The molecular formula is C25H31BrN2O9. The number of aliphatic carboxylic acids is 4. The van der Waals surface area contributed by atoms with Crippen LogP contribution in [0.15, 0.2) is 53.0 Å². The number of carboxylic acid groups (broad SMARTS) is 4. The molecule has 3 aliphatic rings. The second-order valence-electron chi connectivity index (χ2n) is 8.99. The highest BCUT2D eigenvalue weighted by Crippen LogP contribution is 2.24. The van der Waals surface area contributed by atoms with Gasteiger partial charge in [-0.3, -0.25) is 0 Å². The number of rotatable bonds is 6. The third-order valence-electron chi connectivity index (χ3n) is 6.72. The first-order valence-corrected chi connectivity index (χ1v) is 12.6. The molecule has 0 aliphatic carbocycles. The van der Waals surface area contributed by atoms with E-state index in [1.54, 1.807) is 9.80 Å². The normalized spacial score (nSPS) is 28.2. The SMILES string of the molecule is C[NH+]1C2CCC1CC([NH+]1CCOC1c1ccc(Br)cc1)C2.O=C([O-])/C=C\C(=O)O.O=C([O-])/C=C\C(=O)O. The standard InChI is InChI=1S/C17H23BrN2O.2C4H4O4/c1-19-14-6-7-15(19)11-16(10-14)20-8-9-21-17(20)12-2-4-13(18)5-3-12;2*5-3(6)1-2-4(7)8/h2-5,14-17H,6-11H2,1H3;2*1-2H,(H,5,6)(H,7,8)/b;2*2-1-. The Labute approximate surface area is 222 Å².